The van der Waals surface area contributed by atoms with Crippen molar-refractivity contribution < 1.29 is 41.6 Å². The fourth-order valence-electron chi connectivity index (χ4n) is 2.24. The van der Waals surface area contributed by atoms with E-state index in [-0.39, 0.29) is 88.0 Å². The van der Waals surface area contributed by atoms with Gasteiger partial charge in [0.05, 0.1) is 12.4 Å². The number of rotatable bonds is 14. The summed E-state index contributed by atoms with van der Waals surface area (Å²) in [6.07, 6.45) is 1.02. The van der Waals surface area contributed by atoms with Crippen LogP contribution in [0.4, 0.5) is 0 Å². The summed E-state index contributed by atoms with van der Waals surface area (Å²) in [6, 6.07) is 0. The van der Waals surface area contributed by atoms with Crippen LogP contribution in [-0.2, 0) is 38.7 Å². The molecular formula is C19H32CaO9S. The van der Waals surface area contributed by atoms with E-state index < -0.39 is 39.2 Å². The molecule has 0 aliphatic rings. The van der Waals surface area contributed by atoms with E-state index in [1.165, 1.54) is 13.8 Å². The maximum atomic E-state index is 12.8. The average Bonchev–Trinajstić information content (AvgIpc) is 2.61. The van der Waals surface area contributed by atoms with Crippen molar-refractivity contribution in [3.63, 3.8) is 0 Å². The summed E-state index contributed by atoms with van der Waals surface area (Å²) in [6.45, 7) is 10.8. The summed E-state index contributed by atoms with van der Waals surface area (Å²) in [4.78, 5) is 36.3. The van der Waals surface area contributed by atoms with E-state index in [1.807, 2.05) is 0 Å². The molecular weight excluding hydrogens is 444 g/mol. The topological polar surface area (TPSA) is 133 Å². The molecule has 0 atom stereocenters. The van der Waals surface area contributed by atoms with Crippen LogP contribution in [0.3, 0.4) is 0 Å². The number of ether oxygens (including phenoxy) is 3. The molecule has 0 fully saturated rings. The molecule has 11 heteroatoms. The van der Waals surface area contributed by atoms with E-state index in [9.17, 15) is 22.8 Å². The van der Waals surface area contributed by atoms with Crippen LogP contribution in [0.15, 0.2) is 24.3 Å². The molecule has 0 rings (SSSR count). The predicted octanol–water partition coefficient (Wildman–Crippen LogP) is 1.31. The van der Waals surface area contributed by atoms with E-state index in [0.717, 1.165) is 0 Å². The van der Waals surface area contributed by atoms with Crippen molar-refractivity contribution in [2.24, 2.45) is 5.41 Å². The van der Waals surface area contributed by atoms with Crippen molar-refractivity contribution in [2.75, 3.05) is 25.6 Å². The van der Waals surface area contributed by atoms with Crippen LogP contribution in [0, 0.1) is 5.41 Å². The molecule has 0 bridgehead atoms. The molecule has 0 heterocycles. The van der Waals surface area contributed by atoms with Crippen LogP contribution in [0.25, 0.3) is 0 Å². The van der Waals surface area contributed by atoms with Gasteiger partial charge in [0.1, 0.15) is 18.6 Å². The van der Waals surface area contributed by atoms with Gasteiger partial charge in [0.25, 0.3) is 10.1 Å². The summed E-state index contributed by atoms with van der Waals surface area (Å²) in [5.74, 6) is -2.58. The number of esters is 3. The second kappa shape index (κ2) is 15.0. The zero-order valence-corrected chi connectivity index (χ0v) is 18.0. The summed E-state index contributed by atoms with van der Waals surface area (Å²) in [7, 11) is -4.09. The number of hydrogen-bond donors (Lipinski definition) is 1. The SMILES string of the molecule is C=C(C)C(=O)OCC(CCC)(COC(=O)C(=C)C)C(=O)OCCCCS(=O)(=O)O.[CaH2]. The van der Waals surface area contributed by atoms with Crippen molar-refractivity contribution in [1.82, 2.24) is 0 Å². The first-order valence-corrected chi connectivity index (χ1v) is 10.7. The average molecular weight is 477 g/mol. The molecule has 0 saturated carbocycles. The molecule has 0 aromatic rings. The van der Waals surface area contributed by atoms with Gasteiger partial charge in [-0.25, -0.2) is 9.59 Å². The molecule has 0 spiro atoms. The summed E-state index contributed by atoms with van der Waals surface area (Å²) in [5, 5.41) is 0. The Hall–Kier alpha value is -0.940. The van der Waals surface area contributed by atoms with Crippen molar-refractivity contribution in [3.8, 4) is 0 Å². The monoisotopic (exact) mass is 476 g/mol. The first-order chi connectivity index (χ1) is 13.3. The molecule has 0 aromatic heterocycles. The molecule has 0 amide bonds. The number of carbonyl (C=O) groups is 3. The Morgan fingerprint density at radius 2 is 1.40 bits per heavy atom. The summed E-state index contributed by atoms with van der Waals surface area (Å²) >= 11 is 0. The van der Waals surface area contributed by atoms with Crippen LogP contribution >= 0.6 is 0 Å². The summed E-state index contributed by atoms with van der Waals surface area (Å²) < 4.78 is 45.6. The van der Waals surface area contributed by atoms with Gasteiger partial charge in [0, 0.05) is 11.1 Å². The van der Waals surface area contributed by atoms with Gasteiger partial charge in [-0.15, -0.1) is 0 Å². The second-order valence-electron chi connectivity index (χ2n) is 6.87. The van der Waals surface area contributed by atoms with Crippen LogP contribution in [0.1, 0.15) is 46.5 Å². The fourth-order valence-corrected chi connectivity index (χ4v) is 2.81. The molecule has 1 N–H and O–H groups in total. The van der Waals surface area contributed by atoms with Gasteiger partial charge in [-0.2, -0.15) is 8.42 Å². The zero-order valence-electron chi connectivity index (χ0n) is 17.2. The predicted molar refractivity (Wildman–Crippen MR) is 114 cm³/mol. The molecule has 0 aliphatic carbocycles. The van der Waals surface area contributed by atoms with Crippen LogP contribution < -0.4 is 0 Å². The Morgan fingerprint density at radius 1 is 0.933 bits per heavy atom. The van der Waals surface area contributed by atoms with Crippen LogP contribution in [0.2, 0.25) is 0 Å². The Balaban J connectivity index is 0. The third kappa shape index (κ3) is 12.7. The molecule has 30 heavy (non-hydrogen) atoms. The Morgan fingerprint density at radius 3 is 1.77 bits per heavy atom. The van der Waals surface area contributed by atoms with Crippen molar-refractivity contribution in [2.45, 2.75) is 46.5 Å². The molecule has 9 nitrogen and oxygen atoms in total. The molecule has 0 aliphatic heterocycles. The quantitative estimate of drug-likeness (QED) is 0.0983. The normalized spacial score (nSPS) is 11.1. The van der Waals surface area contributed by atoms with Crippen LogP contribution in [0.5, 0.6) is 0 Å². The first-order valence-electron chi connectivity index (χ1n) is 9.12. The first kappa shape index (κ1) is 31.2. The maximum absolute atomic E-state index is 12.8. The van der Waals surface area contributed by atoms with Gasteiger partial charge < -0.3 is 14.2 Å². The minimum absolute atomic E-state index is 0. The van der Waals surface area contributed by atoms with Gasteiger partial charge in [-0.05, 0) is 33.1 Å². The van der Waals surface area contributed by atoms with Gasteiger partial charge in [0.15, 0.2) is 0 Å². The second-order valence-corrected chi connectivity index (χ2v) is 8.44. The molecule has 0 unspecified atom stereocenters. The van der Waals surface area contributed by atoms with E-state index >= 15 is 0 Å². The van der Waals surface area contributed by atoms with E-state index in [4.69, 9.17) is 18.8 Å². The zero-order chi connectivity index (χ0) is 22.7. The molecule has 0 radical (unpaired) electrons. The third-order valence-corrected chi connectivity index (χ3v) is 4.65. The number of hydrogen-bond acceptors (Lipinski definition) is 8. The van der Waals surface area contributed by atoms with E-state index in [2.05, 4.69) is 13.2 Å². The molecule has 0 saturated heterocycles. The summed E-state index contributed by atoms with van der Waals surface area (Å²) in [5.41, 5.74) is -1.13. The van der Waals surface area contributed by atoms with Gasteiger partial charge in [-0.3, -0.25) is 9.35 Å². The van der Waals surface area contributed by atoms with E-state index in [1.54, 1.807) is 6.92 Å². The minimum atomic E-state index is -4.09. The Bertz CT molecular complexity index is 698. The van der Waals surface area contributed by atoms with Crippen molar-refractivity contribution in [1.29, 1.82) is 0 Å². The molecule has 0 aromatic carbocycles. The number of carbonyl (C=O) groups excluding carboxylic acids is 3. The van der Waals surface area contributed by atoms with Crippen LogP contribution in [-0.4, -0.2) is 94.2 Å². The number of unbranched alkanes of at least 4 members (excludes halogenated alkanes) is 1. The fraction of sp³-hybridized carbons (Fsp3) is 0.632. The van der Waals surface area contributed by atoms with Gasteiger partial charge >= 0.3 is 55.6 Å². The van der Waals surface area contributed by atoms with Crippen molar-refractivity contribution in [3.05, 3.63) is 24.3 Å². The van der Waals surface area contributed by atoms with E-state index in [0.29, 0.717) is 6.42 Å². The van der Waals surface area contributed by atoms with Gasteiger partial charge in [-0.1, -0.05) is 26.5 Å². The standard InChI is InChI=1S/C19H30O9S.Ca.2H/c1-6-9-19(12-27-16(20)14(2)3,13-28-17(21)15(4)5)18(22)26-10-7-8-11-29(23,24)25;;;/h2,4,6-13H2,1,3,5H3,(H,23,24,25);;;. The van der Waals surface area contributed by atoms with Gasteiger partial charge in [0.2, 0.25) is 0 Å². The Kier molecular flexibility index (Phi) is 15.6. The van der Waals surface area contributed by atoms with Crippen molar-refractivity contribution >= 4 is 65.8 Å². The molecule has 170 valence electrons. The Labute approximate surface area is 207 Å². The third-order valence-electron chi connectivity index (χ3n) is 3.85.